The normalized spacial score (nSPS) is 11.4. The van der Waals surface area contributed by atoms with Gasteiger partial charge in [-0.25, -0.2) is 22.7 Å². The van der Waals surface area contributed by atoms with Gasteiger partial charge in [0.2, 0.25) is 16.0 Å². The molecule has 0 fully saturated rings. The minimum Gasteiger partial charge on any atom is -0.267 e. The third-order valence-electron chi connectivity index (χ3n) is 3.17. The Balaban J connectivity index is 2.08. The van der Waals surface area contributed by atoms with Crippen LogP contribution in [0.5, 0.6) is 0 Å². The molecule has 0 spiro atoms. The van der Waals surface area contributed by atoms with Gasteiger partial charge >= 0.3 is 0 Å². The number of carbonyl (C=O) groups excluding carboxylic acids is 1. The molecule has 9 heteroatoms. The van der Waals surface area contributed by atoms with E-state index in [4.69, 9.17) is 0 Å². The van der Waals surface area contributed by atoms with Crippen LogP contribution in [0.4, 0.5) is 5.95 Å². The van der Waals surface area contributed by atoms with Crippen LogP contribution in [0.1, 0.15) is 21.7 Å². The average Bonchev–Trinajstić information content (AvgIpc) is 2.51. The lowest BCUT2D eigenvalue weighted by molar-refractivity contribution is 0.0962. The molecular weight excluding hydrogens is 330 g/mol. The van der Waals surface area contributed by atoms with Crippen LogP contribution in [0.25, 0.3) is 0 Å². The Hall–Kier alpha value is -2.52. The van der Waals surface area contributed by atoms with Crippen LogP contribution < -0.4 is 10.9 Å². The molecule has 24 heavy (non-hydrogen) atoms. The lowest BCUT2D eigenvalue weighted by Gasteiger charge is -2.12. The third kappa shape index (κ3) is 4.06. The molecule has 2 aromatic rings. The molecule has 0 saturated heterocycles. The number of hydrazine groups is 1. The van der Waals surface area contributed by atoms with Gasteiger partial charge in [-0.1, -0.05) is 0 Å². The van der Waals surface area contributed by atoms with Gasteiger partial charge in [-0.05, 0) is 44.2 Å². The van der Waals surface area contributed by atoms with Crippen molar-refractivity contribution in [2.24, 2.45) is 0 Å². The van der Waals surface area contributed by atoms with Crippen molar-refractivity contribution in [3.63, 3.8) is 0 Å². The maximum Gasteiger partial charge on any atom is 0.269 e. The molecule has 128 valence electrons. The molecule has 0 bridgehead atoms. The van der Waals surface area contributed by atoms with Crippen LogP contribution in [-0.4, -0.2) is 42.7 Å². The number of aryl methyl sites for hydroxylation is 2. The molecule has 0 aliphatic heterocycles. The number of amides is 1. The molecule has 1 aromatic heterocycles. The lowest BCUT2D eigenvalue weighted by atomic mass is 10.2. The number of rotatable bonds is 5. The van der Waals surface area contributed by atoms with E-state index in [2.05, 4.69) is 20.8 Å². The molecule has 8 nitrogen and oxygen atoms in total. The van der Waals surface area contributed by atoms with E-state index in [1.807, 2.05) is 19.9 Å². The first-order chi connectivity index (χ1) is 11.2. The highest BCUT2D eigenvalue weighted by Gasteiger charge is 2.17. The average molecular weight is 349 g/mol. The number of hydrogen-bond acceptors (Lipinski definition) is 6. The van der Waals surface area contributed by atoms with E-state index in [0.717, 1.165) is 15.7 Å². The van der Waals surface area contributed by atoms with Crippen molar-refractivity contribution >= 4 is 21.9 Å². The molecule has 0 unspecified atom stereocenters. The van der Waals surface area contributed by atoms with E-state index in [-0.39, 0.29) is 10.8 Å². The maximum atomic E-state index is 12.1. The summed E-state index contributed by atoms with van der Waals surface area (Å²) >= 11 is 0. The second-order valence-corrected chi connectivity index (χ2v) is 7.52. The number of nitrogens with zero attached hydrogens (tertiary/aromatic N) is 3. The first-order valence-electron chi connectivity index (χ1n) is 7.11. The lowest BCUT2D eigenvalue weighted by Crippen LogP contribution is -2.30. The minimum absolute atomic E-state index is 0.120. The molecule has 0 atom stereocenters. The first-order valence-corrected chi connectivity index (χ1v) is 8.55. The smallest absolute Gasteiger partial charge is 0.267 e. The predicted octanol–water partition coefficient (Wildman–Crippen LogP) is 1.10. The van der Waals surface area contributed by atoms with Crippen molar-refractivity contribution in [2.75, 3.05) is 19.5 Å². The molecule has 1 heterocycles. The van der Waals surface area contributed by atoms with E-state index >= 15 is 0 Å². The van der Waals surface area contributed by atoms with Gasteiger partial charge in [-0.3, -0.25) is 15.6 Å². The number of anilines is 1. The van der Waals surface area contributed by atoms with Gasteiger partial charge in [0.1, 0.15) is 0 Å². The number of nitrogens with one attached hydrogen (secondary N) is 2. The van der Waals surface area contributed by atoms with Gasteiger partial charge in [0.15, 0.2) is 0 Å². The molecule has 0 radical (unpaired) electrons. The zero-order valence-electron chi connectivity index (χ0n) is 13.9. The standard InChI is InChI=1S/C15H19N5O3S/c1-10-9-11(2)17-15(16-10)19-18-14(21)12-5-7-13(8-6-12)24(22,23)20(3)4/h5-9H,1-4H3,(H,18,21)(H,16,17,19). The van der Waals surface area contributed by atoms with Gasteiger partial charge in [-0.2, -0.15) is 0 Å². The molecule has 1 aromatic carbocycles. The van der Waals surface area contributed by atoms with E-state index in [9.17, 15) is 13.2 Å². The summed E-state index contributed by atoms with van der Waals surface area (Å²) in [6.45, 7) is 3.65. The fourth-order valence-electron chi connectivity index (χ4n) is 1.96. The van der Waals surface area contributed by atoms with Crippen LogP contribution >= 0.6 is 0 Å². The highest BCUT2D eigenvalue weighted by atomic mass is 32.2. The van der Waals surface area contributed by atoms with Gasteiger partial charge in [0.05, 0.1) is 4.90 Å². The summed E-state index contributed by atoms with van der Waals surface area (Å²) in [4.78, 5) is 20.5. The van der Waals surface area contributed by atoms with Crippen LogP contribution in [0.15, 0.2) is 35.2 Å². The summed E-state index contributed by atoms with van der Waals surface area (Å²) in [5, 5.41) is 0. The highest BCUT2D eigenvalue weighted by Crippen LogP contribution is 2.14. The Morgan fingerprint density at radius 1 is 1.04 bits per heavy atom. The molecule has 2 rings (SSSR count). The second-order valence-electron chi connectivity index (χ2n) is 5.37. The SMILES string of the molecule is Cc1cc(C)nc(NNC(=O)c2ccc(S(=O)(=O)N(C)C)cc2)n1. The largest absolute Gasteiger partial charge is 0.269 e. The Kier molecular flexibility index (Phi) is 5.15. The number of aromatic nitrogens is 2. The highest BCUT2D eigenvalue weighted by molar-refractivity contribution is 7.89. The van der Waals surface area contributed by atoms with Crippen molar-refractivity contribution in [1.29, 1.82) is 0 Å². The van der Waals surface area contributed by atoms with Crippen LogP contribution in [0.2, 0.25) is 0 Å². The molecule has 2 N–H and O–H groups in total. The van der Waals surface area contributed by atoms with E-state index in [1.54, 1.807) is 0 Å². The summed E-state index contributed by atoms with van der Waals surface area (Å²) < 4.78 is 25.1. The molecule has 0 aliphatic rings. The van der Waals surface area contributed by atoms with Crippen LogP contribution in [0, 0.1) is 13.8 Å². The van der Waals surface area contributed by atoms with Crippen molar-refractivity contribution in [1.82, 2.24) is 19.7 Å². The van der Waals surface area contributed by atoms with E-state index in [0.29, 0.717) is 5.56 Å². The van der Waals surface area contributed by atoms with Gasteiger partial charge in [-0.15, -0.1) is 0 Å². The Bertz CT molecular complexity index is 828. The molecule has 0 aliphatic carbocycles. The van der Waals surface area contributed by atoms with Gasteiger partial charge < -0.3 is 0 Å². The van der Waals surface area contributed by atoms with Gasteiger partial charge in [0, 0.05) is 31.0 Å². The van der Waals surface area contributed by atoms with E-state index in [1.165, 1.54) is 38.4 Å². The third-order valence-corrected chi connectivity index (χ3v) is 4.99. The molecular formula is C15H19N5O3S. The van der Waals surface area contributed by atoms with Gasteiger partial charge in [0.25, 0.3) is 5.91 Å². The number of sulfonamides is 1. The van der Waals surface area contributed by atoms with Crippen molar-refractivity contribution in [3.05, 3.63) is 47.3 Å². The topological polar surface area (TPSA) is 104 Å². The first kappa shape index (κ1) is 17.8. The number of hydrogen-bond donors (Lipinski definition) is 2. The molecule has 1 amide bonds. The zero-order chi connectivity index (χ0) is 17.9. The predicted molar refractivity (Wildman–Crippen MR) is 89.9 cm³/mol. The van der Waals surface area contributed by atoms with Crippen molar-refractivity contribution < 1.29 is 13.2 Å². The Morgan fingerprint density at radius 3 is 2.08 bits per heavy atom. The fourth-order valence-corrected chi connectivity index (χ4v) is 2.86. The maximum absolute atomic E-state index is 12.1. The summed E-state index contributed by atoms with van der Waals surface area (Å²) in [6.07, 6.45) is 0. The minimum atomic E-state index is -3.52. The molecule has 0 saturated carbocycles. The number of benzene rings is 1. The Morgan fingerprint density at radius 2 is 1.58 bits per heavy atom. The van der Waals surface area contributed by atoms with Crippen molar-refractivity contribution in [2.45, 2.75) is 18.7 Å². The summed E-state index contributed by atoms with van der Waals surface area (Å²) in [5.74, 6) is -0.140. The summed E-state index contributed by atoms with van der Waals surface area (Å²) in [5.41, 5.74) is 6.98. The van der Waals surface area contributed by atoms with E-state index < -0.39 is 15.9 Å². The monoisotopic (exact) mass is 349 g/mol. The van der Waals surface area contributed by atoms with Crippen LogP contribution in [-0.2, 0) is 10.0 Å². The Labute approximate surface area is 141 Å². The quantitative estimate of drug-likeness (QED) is 0.784. The summed E-state index contributed by atoms with van der Waals surface area (Å²) in [7, 11) is -0.622. The van der Waals surface area contributed by atoms with Crippen molar-refractivity contribution in [3.8, 4) is 0 Å². The second kappa shape index (κ2) is 6.93. The zero-order valence-corrected chi connectivity index (χ0v) is 14.7. The number of carbonyl (C=O) groups is 1. The fraction of sp³-hybridized carbons (Fsp3) is 0.267. The summed E-state index contributed by atoms with van der Waals surface area (Å²) in [6, 6.07) is 7.47. The van der Waals surface area contributed by atoms with Crippen LogP contribution in [0.3, 0.4) is 0 Å².